The van der Waals surface area contributed by atoms with Gasteiger partial charge in [0.2, 0.25) is 18.1 Å². The summed E-state index contributed by atoms with van der Waals surface area (Å²) < 4.78 is 16.1. The van der Waals surface area contributed by atoms with Crippen LogP contribution in [0.5, 0.6) is 5.75 Å². The third kappa shape index (κ3) is 9.69. The molecule has 0 spiro atoms. The summed E-state index contributed by atoms with van der Waals surface area (Å²) in [5, 5.41) is 47.8. The lowest BCUT2D eigenvalue weighted by Crippen LogP contribution is -2.61. The first-order valence-electron chi connectivity index (χ1n) is 14.2. The SMILES string of the molecule is CNCCN(C)C(=O)OCc1ccc(OC2OC(C(=O)O)[C@@H](O)C(O)[C@H]2O)c(NC(=O)CCNC(=O)CCN2C(=O)C=CC2=O)c1. The maximum Gasteiger partial charge on any atom is 0.409 e. The Hall–Kier alpha value is -4.62. The van der Waals surface area contributed by atoms with Crippen molar-refractivity contribution in [2.24, 2.45) is 0 Å². The summed E-state index contributed by atoms with van der Waals surface area (Å²) in [6.07, 6.45) is -8.28. The Morgan fingerprint density at radius 3 is 2.33 bits per heavy atom. The van der Waals surface area contributed by atoms with Gasteiger partial charge < -0.3 is 55.5 Å². The molecular formula is C28H37N5O13. The zero-order chi connectivity index (χ0) is 34.0. The molecule has 1 fully saturated rings. The molecule has 0 aliphatic carbocycles. The number of ether oxygens (including phenoxy) is 3. The summed E-state index contributed by atoms with van der Waals surface area (Å²) in [6, 6.07) is 4.18. The van der Waals surface area contributed by atoms with Crippen molar-refractivity contribution in [1.82, 2.24) is 20.4 Å². The monoisotopic (exact) mass is 651 g/mol. The fraction of sp³-hybridized carbons (Fsp3) is 0.500. The highest BCUT2D eigenvalue weighted by atomic mass is 16.7. The molecule has 1 aromatic rings. The molecule has 0 radical (unpaired) electrons. The van der Waals surface area contributed by atoms with Crippen LogP contribution in [0, 0.1) is 0 Å². The van der Waals surface area contributed by atoms with Crippen molar-refractivity contribution in [3.63, 3.8) is 0 Å². The van der Waals surface area contributed by atoms with E-state index >= 15 is 0 Å². The van der Waals surface area contributed by atoms with Crippen LogP contribution in [0.4, 0.5) is 10.5 Å². The minimum atomic E-state index is -1.95. The smallest absolute Gasteiger partial charge is 0.409 e. The number of carboxylic acid groups (broad SMARTS) is 1. The zero-order valence-electron chi connectivity index (χ0n) is 25.1. The van der Waals surface area contributed by atoms with E-state index in [0.717, 1.165) is 17.1 Å². The van der Waals surface area contributed by atoms with Crippen LogP contribution < -0.4 is 20.7 Å². The van der Waals surface area contributed by atoms with Gasteiger partial charge in [-0.1, -0.05) is 6.07 Å². The number of nitrogens with one attached hydrogen (secondary N) is 3. The highest BCUT2D eigenvalue weighted by Gasteiger charge is 2.48. The number of aliphatic hydroxyl groups is 3. The first-order valence-corrected chi connectivity index (χ1v) is 14.2. The van der Waals surface area contributed by atoms with E-state index in [0.29, 0.717) is 18.7 Å². The van der Waals surface area contributed by atoms with Crippen LogP contribution in [0.3, 0.4) is 0 Å². The molecule has 0 saturated carbocycles. The van der Waals surface area contributed by atoms with Crippen molar-refractivity contribution in [1.29, 1.82) is 0 Å². The van der Waals surface area contributed by atoms with E-state index in [1.54, 1.807) is 14.1 Å². The lowest BCUT2D eigenvalue weighted by Gasteiger charge is -2.38. The number of nitrogens with zero attached hydrogens (tertiary/aromatic N) is 2. The van der Waals surface area contributed by atoms with Gasteiger partial charge in [-0.05, 0) is 24.7 Å². The predicted molar refractivity (Wildman–Crippen MR) is 155 cm³/mol. The topological polar surface area (TPSA) is 254 Å². The Bertz CT molecular complexity index is 1320. The van der Waals surface area contributed by atoms with Crippen molar-refractivity contribution < 1.29 is 63.4 Å². The Labute approximate surface area is 262 Å². The molecule has 7 N–H and O–H groups in total. The summed E-state index contributed by atoms with van der Waals surface area (Å²) in [5.41, 5.74) is 0.381. The number of carbonyl (C=O) groups is 6. The van der Waals surface area contributed by atoms with Crippen LogP contribution in [0.25, 0.3) is 0 Å². The average molecular weight is 652 g/mol. The van der Waals surface area contributed by atoms with Gasteiger partial charge in [-0.15, -0.1) is 0 Å². The second-order valence-electron chi connectivity index (χ2n) is 10.3. The molecule has 2 heterocycles. The number of amides is 5. The van der Waals surface area contributed by atoms with Crippen LogP contribution in [0.2, 0.25) is 0 Å². The van der Waals surface area contributed by atoms with Crippen molar-refractivity contribution in [2.75, 3.05) is 45.6 Å². The standard InChI is InChI=1S/C28H37N5O13/c1-29-10-12-32(2)28(43)44-14-15-3-4-17(45-27-24(40)22(38)23(39)25(46-27)26(41)42)16(13-15)31-19(35)7-9-30-18(34)8-11-33-20(36)5-6-21(33)37/h3-6,13,22-25,27,29,38-40H,7-12,14H2,1-2H3,(H,30,34)(H,31,35)(H,41,42)/t22?,23-,24+,25?,27?/m0/s1. The fourth-order valence-corrected chi connectivity index (χ4v) is 4.25. The minimum Gasteiger partial charge on any atom is -0.479 e. The third-order valence-corrected chi connectivity index (χ3v) is 6.88. The van der Waals surface area contributed by atoms with E-state index < -0.39 is 66.4 Å². The number of likely N-dealkylation sites (N-methyl/N-ethyl adjacent to an activating group) is 2. The number of aliphatic carboxylic acids is 1. The van der Waals surface area contributed by atoms with Gasteiger partial charge in [0, 0.05) is 58.2 Å². The van der Waals surface area contributed by atoms with Crippen molar-refractivity contribution in [3.05, 3.63) is 35.9 Å². The van der Waals surface area contributed by atoms with Crippen molar-refractivity contribution in [3.8, 4) is 5.75 Å². The molecule has 3 rings (SSSR count). The number of carboxylic acids is 1. The quantitative estimate of drug-likeness (QED) is 0.0969. The molecule has 2 aliphatic rings. The molecule has 0 bridgehead atoms. The van der Waals surface area contributed by atoms with Gasteiger partial charge in [0.25, 0.3) is 11.8 Å². The summed E-state index contributed by atoms with van der Waals surface area (Å²) in [7, 11) is 3.28. The Morgan fingerprint density at radius 1 is 0.978 bits per heavy atom. The number of hydrogen-bond acceptors (Lipinski definition) is 13. The molecule has 1 saturated heterocycles. The number of anilines is 1. The van der Waals surface area contributed by atoms with Crippen LogP contribution in [0.15, 0.2) is 30.4 Å². The molecule has 18 heteroatoms. The Morgan fingerprint density at radius 2 is 1.67 bits per heavy atom. The molecule has 252 valence electrons. The molecule has 0 aromatic heterocycles. The highest BCUT2D eigenvalue weighted by Crippen LogP contribution is 2.31. The Balaban J connectivity index is 1.67. The predicted octanol–water partition coefficient (Wildman–Crippen LogP) is -2.49. The van der Waals surface area contributed by atoms with E-state index in [9.17, 15) is 49.2 Å². The Kier molecular flexibility index (Phi) is 13.0. The summed E-state index contributed by atoms with van der Waals surface area (Å²) >= 11 is 0. The van der Waals surface area contributed by atoms with Gasteiger partial charge in [-0.25, -0.2) is 9.59 Å². The van der Waals surface area contributed by atoms with Crippen molar-refractivity contribution in [2.45, 2.75) is 50.2 Å². The fourth-order valence-electron chi connectivity index (χ4n) is 4.25. The van der Waals surface area contributed by atoms with E-state index in [4.69, 9.17) is 14.2 Å². The third-order valence-electron chi connectivity index (χ3n) is 6.88. The lowest BCUT2D eigenvalue weighted by molar-refractivity contribution is -0.271. The van der Waals surface area contributed by atoms with Gasteiger partial charge >= 0.3 is 12.1 Å². The number of aliphatic hydroxyl groups excluding tert-OH is 3. The molecule has 2 aliphatic heterocycles. The first-order chi connectivity index (χ1) is 21.8. The summed E-state index contributed by atoms with van der Waals surface area (Å²) in [4.78, 5) is 74.2. The normalized spacial score (nSPS) is 22.4. The van der Waals surface area contributed by atoms with E-state index in [2.05, 4.69) is 16.0 Å². The molecule has 5 amide bonds. The van der Waals surface area contributed by atoms with Crippen LogP contribution in [0.1, 0.15) is 18.4 Å². The van der Waals surface area contributed by atoms with Gasteiger partial charge in [-0.2, -0.15) is 0 Å². The maximum atomic E-state index is 12.8. The molecule has 18 nitrogen and oxygen atoms in total. The van der Waals surface area contributed by atoms with E-state index in [1.165, 1.54) is 23.1 Å². The van der Waals surface area contributed by atoms with Crippen LogP contribution in [-0.4, -0.2) is 137 Å². The maximum absolute atomic E-state index is 12.8. The number of carbonyl (C=O) groups excluding carboxylic acids is 5. The van der Waals surface area contributed by atoms with E-state index in [1.807, 2.05) is 0 Å². The number of hydrogen-bond donors (Lipinski definition) is 7. The van der Waals surface area contributed by atoms with Gasteiger partial charge in [0.15, 0.2) is 6.10 Å². The second-order valence-corrected chi connectivity index (χ2v) is 10.3. The zero-order valence-corrected chi connectivity index (χ0v) is 25.1. The van der Waals surface area contributed by atoms with Gasteiger partial charge in [0.05, 0.1) is 5.69 Å². The molecule has 5 atom stereocenters. The van der Waals surface area contributed by atoms with Gasteiger partial charge in [0.1, 0.15) is 30.7 Å². The molecule has 46 heavy (non-hydrogen) atoms. The first kappa shape index (κ1) is 35.9. The van der Waals surface area contributed by atoms with Gasteiger partial charge in [-0.3, -0.25) is 24.1 Å². The largest absolute Gasteiger partial charge is 0.479 e. The second kappa shape index (κ2) is 16.6. The molecular weight excluding hydrogens is 614 g/mol. The highest BCUT2D eigenvalue weighted by molar-refractivity contribution is 6.13. The number of rotatable bonds is 15. The average Bonchev–Trinajstić information content (AvgIpc) is 3.34. The van der Waals surface area contributed by atoms with Crippen LogP contribution in [-0.2, 0) is 40.1 Å². The summed E-state index contributed by atoms with van der Waals surface area (Å²) in [6.45, 7) is 0.454. The van der Waals surface area contributed by atoms with Crippen LogP contribution >= 0.6 is 0 Å². The number of benzene rings is 1. The molecule has 1 aromatic carbocycles. The minimum absolute atomic E-state index is 0.0183. The van der Waals surface area contributed by atoms with Crippen molar-refractivity contribution >= 4 is 41.4 Å². The summed E-state index contributed by atoms with van der Waals surface area (Å²) in [5.74, 6) is -3.93. The number of imide groups is 1. The molecule has 3 unspecified atom stereocenters. The lowest BCUT2D eigenvalue weighted by atomic mass is 9.99. The van der Waals surface area contributed by atoms with E-state index in [-0.39, 0.29) is 44.0 Å².